The van der Waals surface area contributed by atoms with Gasteiger partial charge in [-0.2, -0.15) is 0 Å². The second kappa shape index (κ2) is 7.37. The molecular weight excluding hydrogens is 328 g/mol. The van der Waals surface area contributed by atoms with Gasteiger partial charge in [0.15, 0.2) is 11.5 Å². The third-order valence-electron chi connectivity index (χ3n) is 7.02. The van der Waals surface area contributed by atoms with Crippen LogP contribution in [0.15, 0.2) is 18.2 Å². The summed E-state index contributed by atoms with van der Waals surface area (Å²) in [4.78, 5) is 5.25. The van der Waals surface area contributed by atoms with Gasteiger partial charge in [0.25, 0.3) is 0 Å². The quantitative estimate of drug-likeness (QED) is 0.824. The molecule has 0 bridgehead atoms. The molecule has 5 nitrogen and oxygen atoms in total. The minimum atomic E-state index is 0.247. The molecule has 1 aliphatic carbocycles. The number of hydrogen-bond acceptors (Lipinski definition) is 5. The van der Waals surface area contributed by atoms with Crippen LogP contribution in [0.4, 0.5) is 0 Å². The number of benzene rings is 1. The van der Waals surface area contributed by atoms with E-state index in [1.807, 2.05) is 0 Å². The summed E-state index contributed by atoms with van der Waals surface area (Å²) in [5, 5.41) is 0. The van der Waals surface area contributed by atoms with E-state index in [1.54, 1.807) is 14.2 Å². The summed E-state index contributed by atoms with van der Waals surface area (Å²) in [5.74, 6) is 1.67. The topological polar surface area (TPSA) is 34.2 Å². The lowest BCUT2D eigenvalue weighted by molar-refractivity contribution is -0.00603. The maximum Gasteiger partial charge on any atom is 0.161 e. The number of hydrogen-bond donors (Lipinski definition) is 0. The van der Waals surface area contributed by atoms with Crippen molar-refractivity contribution in [2.45, 2.75) is 43.2 Å². The Hall–Kier alpha value is -1.30. The van der Waals surface area contributed by atoms with Gasteiger partial charge in [0, 0.05) is 30.6 Å². The van der Waals surface area contributed by atoms with Gasteiger partial charge in [-0.1, -0.05) is 6.07 Å². The van der Waals surface area contributed by atoms with Gasteiger partial charge in [-0.05, 0) is 57.0 Å². The summed E-state index contributed by atoms with van der Waals surface area (Å²) < 4.78 is 16.6. The van der Waals surface area contributed by atoms with Crippen molar-refractivity contribution in [3.8, 4) is 11.5 Å². The van der Waals surface area contributed by atoms with E-state index in [0.717, 1.165) is 37.8 Å². The van der Waals surface area contributed by atoms with Crippen LogP contribution in [0.1, 0.15) is 31.2 Å². The van der Waals surface area contributed by atoms with E-state index in [1.165, 1.54) is 37.8 Å². The number of rotatable bonds is 4. The molecule has 0 N–H and O–H groups in total. The molecule has 2 unspecified atom stereocenters. The first kappa shape index (κ1) is 18.1. The lowest BCUT2D eigenvalue weighted by atomic mass is 9.64. The van der Waals surface area contributed by atoms with E-state index < -0.39 is 0 Å². The SMILES string of the molecule is COc1ccc([C@@]23CCC(N4CCOCC4)CC2N(C)CC3)cc1OC. The van der Waals surface area contributed by atoms with Gasteiger partial charge in [0.05, 0.1) is 27.4 Å². The highest BCUT2D eigenvalue weighted by Crippen LogP contribution is 2.50. The van der Waals surface area contributed by atoms with Crippen LogP contribution in [0.3, 0.4) is 0 Å². The predicted molar refractivity (Wildman–Crippen MR) is 102 cm³/mol. The Balaban J connectivity index is 1.61. The summed E-state index contributed by atoms with van der Waals surface area (Å²) in [5.41, 5.74) is 1.67. The Bertz CT molecular complexity index is 632. The van der Waals surface area contributed by atoms with E-state index >= 15 is 0 Å². The Morgan fingerprint density at radius 1 is 1.04 bits per heavy atom. The molecule has 1 saturated carbocycles. The van der Waals surface area contributed by atoms with Crippen molar-refractivity contribution in [3.05, 3.63) is 23.8 Å². The molecule has 26 heavy (non-hydrogen) atoms. The highest BCUT2D eigenvalue weighted by molar-refractivity contribution is 5.46. The standard InChI is InChI=1S/C21H32N2O3/c1-22-9-8-21(16-4-5-18(24-2)19(14-16)25-3)7-6-17(15-20(21)22)23-10-12-26-13-11-23/h4-5,14,17,20H,6-13,15H2,1-3H3/t17?,20?,21-/m0/s1. The summed E-state index contributed by atoms with van der Waals surface area (Å²) in [6, 6.07) is 7.86. The fraction of sp³-hybridized carbons (Fsp3) is 0.714. The average molecular weight is 360 g/mol. The van der Waals surface area contributed by atoms with Gasteiger partial charge < -0.3 is 19.1 Å². The zero-order chi connectivity index (χ0) is 18.1. The second-order valence-electron chi connectivity index (χ2n) is 8.05. The van der Waals surface area contributed by atoms with E-state index in [-0.39, 0.29) is 5.41 Å². The van der Waals surface area contributed by atoms with Gasteiger partial charge in [0.2, 0.25) is 0 Å². The number of ether oxygens (including phenoxy) is 3. The third-order valence-corrected chi connectivity index (χ3v) is 7.02. The number of nitrogens with zero attached hydrogens (tertiary/aromatic N) is 2. The van der Waals surface area contributed by atoms with Gasteiger partial charge in [-0.15, -0.1) is 0 Å². The smallest absolute Gasteiger partial charge is 0.161 e. The Morgan fingerprint density at radius 3 is 2.54 bits per heavy atom. The molecule has 1 aromatic carbocycles. The van der Waals surface area contributed by atoms with Crippen molar-refractivity contribution in [1.29, 1.82) is 0 Å². The maximum atomic E-state index is 5.60. The molecule has 0 amide bonds. The maximum absolute atomic E-state index is 5.60. The van der Waals surface area contributed by atoms with Crippen LogP contribution in [0, 0.1) is 0 Å². The van der Waals surface area contributed by atoms with Crippen LogP contribution in [0.25, 0.3) is 0 Å². The van der Waals surface area contributed by atoms with E-state index in [9.17, 15) is 0 Å². The molecule has 1 aromatic rings. The fourth-order valence-electron chi connectivity index (χ4n) is 5.52. The first-order chi connectivity index (χ1) is 12.7. The van der Waals surface area contributed by atoms with Crippen LogP contribution in [-0.2, 0) is 10.2 Å². The summed E-state index contributed by atoms with van der Waals surface area (Å²) >= 11 is 0. The average Bonchev–Trinajstić information content (AvgIpc) is 3.05. The Labute approximate surface area is 157 Å². The molecule has 3 atom stereocenters. The Morgan fingerprint density at radius 2 is 1.81 bits per heavy atom. The highest BCUT2D eigenvalue weighted by atomic mass is 16.5. The van der Waals surface area contributed by atoms with Crippen LogP contribution in [-0.4, -0.2) is 76.0 Å². The van der Waals surface area contributed by atoms with Crippen molar-refractivity contribution < 1.29 is 14.2 Å². The minimum absolute atomic E-state index is 0.247. The molecule has 2 saturated heterocycles. The molecular formula is C21H32N2O3. The van der Waals surface area contributed by atoms with Gasteiger partial charge in [-0.3, -0.25) is 4.90 Å². The number of likely N-dealkylation sites (N-methyl/N-ethyl adjacent to an activating group) is 1. The monoisotopic (exact) mass is 360 g/mol. The molecule has 3 aliphatic rings. The van der Waals surface area contributed by atoms with Crippen LogP contribution < -0.4 is 9.47 Å². The van der Waals surface area contributed by atoms with Crippen molar-refractivity contribution in [3.63, 3.8) is 0 Å². The first-order valence-electron chi connectivity index (χ1n) is 9.92. The van der Waals surface area contributed by atoms with Gasteiger partial charge in [-0.25, -0.2) is 0 Å². The molecule has 144 valence electrons. The van der Waals surface area contributed by atoms with Crippen molar-refractivity contribution >= 4 is 0 Å². The zero-order valence-electron chi connectivity index (χ0n) is 16.4. The Kier molecular flexibility index (Phi) is 5.13. The van der Waals surface area contributed by atoms with Crippen molar-refractivity contribution in [2.75, 3.05) is 54.1 Å². The minimum Gasteiger partial charge on any atom is -0.493 e. The summed E-state index contributed by atoms with van der Waals surface area (Å²) in [6.07, 6.45) is 5.02. The van der Waals surface area contributed by atoms with E-state index in [0.29, 0.717) is 12.1 Å². The van der Waals surface area contributed by atoms with Crippen molar-refractivity contribution in [1.82, 2.24) is 9.80 Å². The van der Waals surface area contributed by atoms with Crippen molar-refractivity contribution in [2.24, 2.45) is 0 Å². The van der Waals surface area contributed by atoms with Gasteiger partial charge >= 0.3 is 0 Å². The molecule has 4 rings (SSSR count). The fourth-order valence-corrected chi connectivity index (χ4v) is 5.52. The molecule has 0 aromatic heterocycles. The second-order valence-corrected chi connectivity index (χ2v) is 8.05. The lowest BCUT2D eigenvalue weighted by Crippen LogP contribution is -2.53. The first-order valence-corrected chi connectivity index (χ1v) is 9.92. The molecule has 0 spiro atoms. The predicted octanol–water partition coefficient (Wildman–Crippen LogP) is 2.53. The van der Waals surface area contributed by atoms with Crippen LogP contribution >= 0.6 is 0 Å². The molecule has 5 heteroatoms. The lowest BCUT2D eigenvalue weighted by Gasteiger charge is -2.48. The molecule has 2 aliphatic heterocycles. The number of morpholine rings is 1. The van der Waals surface area contributed by atoms with Gasteiger partial charge in [0.1, 0.15) is 0 Å². The van der Waals surface area contributed by atoms with E-state index in [2.05, 4.69) is 35.0 Å². The molecule has 3 fully saturated rings. The third kappa shape index (κ3) is 3.00. The summed E-state index contributed by atoms with van der Waals surface area (Å²) in [7, 11) is 5.73. The number of likely N-dealkylation sites (tertiary alicyclic amines) is 1. The van der Waals surface area contributed by atoms with Crippen LogP contribution in [0.5, 0.6) is 11.5 Å². The summed E-state index contributed by atoms with van der Waals surface area (Å²) in [6.45, 7) is 5.12. The molecule has 2 heterocycles. The zero-order valence-corrected chi connectivity index (χ0v) is 16.4. The normalized spacial score (nSPS) is 33.0. The largest absolute Gasteiger partial charge is 0.493 e. The highest BCUT2D eigenvalue weighted by Gasteiger charge is 2.51. The van der Waals surface area contributed by atoms with E-state index in [4.69, 9.17) is 14.2 Å². The molecule has 0 radical (unpaired) electrons. The number of methoxy groups -OCH3 is 2. The van der Waals surface area contributed by atoms with Crippen LogP contribution in [0.2, 0.25) is 0 Å². The number of fused-ring (bicyclic) bond motifs is 1.